The van der Waals surface area contributed by atoms with Crippen LogP contribution < -0.4 is 0 Å². The number of allylic oxidation sites excluding steroid dienone is 2. The molecule has 0 aliphatic heterocycles. The summed E-state index contributed by atoms with van der Waals surface area (Å²) in [5.41, 5.74) is 2.85. The van der Waals surface area contributed by atoms with Gasteiger partial charge >= 0.3 is 0 Å². The minimum Gasteiger partial charge on any atom is -0.260 e. The summed E-state index contributed by atoms with van der Waals surface area (Å²) >= 11 is 3.39. The maximum atomic E-state index is 8.88. The number of halogens is 1. The summed E-state index contributed by atoms with van der Waals surface area (Å²) in [6, 6.07) is 10.2. The SMILES string of the molecule is N#CC1=C(N=Cc2ccc(Br)cc2)CCC1. The summed E-state index contributed by atoms with van der Waals surface area (Å²) in [7, 11) is 0. The van der Waals surface area contributed by atoms with Crippen molar-refractivity contribution in [2.45, 2.75) is 19.3 Å². The summed E-state index contributed by atoms with van der Waals surface area (Å²) in [6.07, 6.45) is 4.68. The monoisotopic (exact) mass is 274 g/mol. The van der Waals surface area contributed by atoms with Crippen LogP contribution in [0.5, 0.6) is 0 Å². The Hall–Kier alpha value is -1.40. The van der Waals surface area contributed by atoms with E-state index in [2.05, 4.69) is 27.0 Å². The fraction of sp³-hybridized carbons (Fsp3) is 0.231. The zero-order chi connectivity index (χ0) is 11.4. The largest absolute Gasteiger partial charge is 0.260 e. The number of nitrogens with zero attached hydrogens (tertiary/aromatic N) is 2. The lowest BCUT2D eigenvalue weighted by atomic mass is 10.2. The van der Waals surface area contributed by atoms with E-state index in [1.165, 1.54) is 0 Å². The van der Waals surface area contributed by atoms with Gasteiger partial charge in [0.1, 0.15) is 0 Å². The smallest absolute Gasteiger partial charge is 0.0966 e. The van der Waals surface area contributed by atoms with E-state index in [0.29, 0.717) is 0 Å². The van der Waals surface area contributed by atoms with Crippen LogP contribution in [0.2, 0.25) is 0 Å². The van der Waals surface area contributed by atoms with Gasteiger partial charge in [0.15, 0.2) is 0 Å². The van der Waals surface area contributed by atoms with Crippen molar-refractivity contribution in [2.24, 2.45) is 4.99 Å². The Morgan fingerprint density at radius 2 is 2.00 bits per heavy atom. The van der Waals surface area contributed by atoms with Gasteiger partial charge in [0, 0.05) is 10.7 Å². The molecule has 1 aromatic rings. The highest BCUT2D eigenvalue weighted by Crippen LogP contribution is 2.26. The van der Waals surface area contributed by atoms with Gasteiger partial charge in [-0.15, -0.1) is 0 Å². The molecule has 0 fully saturated rings. The molecule has 1 aliphatic carbocycles. The average molecular weight is 275 g/mol. The average Bonchev–Trinajstić information content (AvgIpc) is 2.76. The third-order valence-corrected chi connectivity index (χ3v) is 3.09. The third-order valence-electron chi connectivity index (χ3n) is 2.56. The van der Waals surface area contributed by atoms with Gasteiger partial charge in [-0.2, -0.15) is 5.26 Å². The van der Waals surface area contributed by atoms with Crippen LogP contribution in [0, 0.1) is 11.3 Å². The van der Waals surface area contributed by atoms with Crippen LogP contribution in [0.4, 0.5) is 0 Å². The topological polar surface area (TPSA) is 36.1 Å². The molecule has 0 spiro atoms. The van der Waals surface area contributed by atoms with E-state index in [0.717, 1.165) is 40.6 Å². The summed E-state index contributed by atoms with van der Waals surface area (Å²) in [4.78, 5) is 4.39. The molecule has 3 heteroatoms. The lowest BCUT2D eigenvalue weighted by molar-refractivity contribution is 0.895. The molecule has 0 atom stereocenters. The molecule has 0 bridgehead atoms. The Morgan fingerprint density at radius 1 is 1.25 bits per heavy atom. The first kappa shape index (κ1) is 11.1. The summed E-state index contributed by atoms with van der Waals surface area (Å²) in [5, 5.41) is 8.88. The second-order valence-corrected chi connectivity index (χ2v) is 4.62. The minimum atomic E-state index is 0.841. The van der Waals surface area contributed by atoms with Crippen LogP contribution >= 0.6 is 15.9 Å². The molecule has 1 aliphatic rings. The molecule has 1 aromatic carbocycles. The fourth-order valence-corrected chi connectivity index (χ4v) is 1.96. The molecule has 0 radical (unpaired) electrons. The second kappa shape index (κ2) is 5.09. The van der Waals surface area contributed by atoms with Gasteiger partial charge in [0.25, 0.3) is 0 Å². The molecule has 80 valence electrons. The molecule has 0 saturated heterocycles. The number of aliphatic imine (C=N–C) groups is 1. The Morgan fingerprint density at radius 3 is 2.69 bits per heavy atom. The van der Waals surface area contributed by atoms with Crippen molar-refractivity contribution < 1.29 is 0 Å². The van der Waals surface area contributed by atoms with E-state index in [1.54, 1.807) is 0 Å². The summed E-state index contributed by atoms with van der Waals surface area (Å²) < 4.78 is 1.06. The normalized spacial score (nSPS) is 15.8. The van der Waals surface area contributed by atoms with Crippen LogP contribution in [0.25, 0.3) is 0 Å². The van der Waals surface area contributed by atoms with Gasteiger partial charge in [-0.3, -0.25) is 4.99 Å². The Balaban J connectivity index is 2.16. The second-order valence-electron chi connectivity index (χ2n) is 3.70. The van der Waals surface area contributed by atoms with E-state index in [4.69, 9.17) is 5.26 Å². The van der Waals surface area contributed by atoms with Crippen molar-refractivity contribution in [2.75, 3.05) is 0 Å². The Kier molecular flexibility index (Phi) is 3.53. The van der Waals surface area contributed by atoms with Crippen molar-refractivity contribution in [3.63, 3.8) is 0 Å². The zero-order valence-corrected chi connectivity index (χ0v) is 10.4. The van der Waals surface area contributed by atoms with Gasteiger partial charge in [-0.1, -0.05) is 28.1 Å². The van der Waals surface area contributed by atoms with E-state index in [-0.39, 0.29) is 0 Å². The molecular formula is C13H11BrN2. The maximum Gasteiger partial charge on any atom is 0.0966 e. The molecule has 2 nitrogen and oxygen atoms in total. The van der Waals surface area contributed by atoms with Gasteiger partial charge < -0.3 is 0 Å². The number of rotatable bonds is 2. The molecule has 0 saturated carbocycles. The third kappa shape index (κ3) is 2.59. The molecule has 0 unspecified atom stereocenters. The minimum absolute atomic E-state index is 0.841. The molecule has 16 heavy (non-hydrogen) atoms. The standard InChI is InChI=1S/C13H11BrN2/c14-12-6-4-10(5-7-12)9-16-13-3-1-2-11(13)8-15/h4-7,9H,1-3H2. The number of hydrogen-bond acceptors (Lipinski definition) is 2. The molecule has 2 rings (SSSR count). The lowest BCUT2D eigenvalue weighted by Gasteiger charge is -1.95. The highest BCUT2D eigenvalue weighted by atomic mass is 79.9. The predicted octanol–water partition coefficient (Wildman–Crippen LogP) is 3.83. The number of benzene rings is 1. The number of hydrogen-bond donors (Lipinski definition) is 0. The molecule has 0 amide bonds. The van der Waals surface area contributed by atoms with Gasteiger partial charge in [0.2, 0.25) is 0 Å². The fourth-order valence-electron chi connectivity index (χ4n) is 1.69. The van der Waals surface area contributed by atoms with Crippen molar-refractivity contribution in [1.29, 1.82) is 5.26 Å². The highest BCUT2D eigenvalue weighted by molar-refractivity contribution is 9.10. The molecule has 0 aromatic heterocycles. The van der Waals surface area contributed by atoms with E-state index in [9.17, 15) is 0 Å². The highest BCUT2D eigenvalue weighted by Gasteiger charge is 2.12. The lowest BCUT2D eigenvalue weighted by Crippen LogP contribution is -1.83. The molecule has 0 N–H and O–H groups in total. The van der Waals surface area contributed by atoms with E-state index < -0.39 is 0 Å². The number of nitriles is 1. The quantitative estimate of drug-likeness (QED) is 0.755. The van der Waals surface area contributed by atoms with Crippen LogP contribution in [-0.4, -0.2) is 6.21 Å². The van der Waals surface area contributed by atoms with E-state index >= 15 is 0 Å². The summed E-state index contributed by atoms with van der Waals surface area (Å²) in [5.74, 6) is 0. The molecule has 0 heterocycles. The predicted molar refractivity (Wildman–Crippen MR) is 68.2 cm³/mol. The van der Waals surface area contributed by atoms with E-state index in [1.807, 2.05) is 30.5 Å². The van der Waals surface area contributed by atoms with Crippen LogP contribution in [0.15, 0.2) is 45.0 Å². The first-order valence-electron chi connectivity index (χ1n) is 5.21. The van der Waals surface area contributed by atoms with Crippen molar-refractivity contribution in [3.8, 4) is 6.07 Å². The van der Waals surface area contributed by atoms with Crippen molar-refractivity contribution in [1.82, 2.24) is 0 Å². The first-order chi connectivity index (χ1) is 7.79. The van der Waals surface area contributed by atoms with Gasteiger partial charge in [0.05, 0.1) is 17.3 Å². The van der Waals surface area contributed by atoms with Gasteiger partial charge in [-0.05, 0) is 37.0 Å². The van der Waals surface area contributed by atoms with Crippen molar-refractivity contribution >= 4 is 22.1 Å². The van der Waals surface area contributed by atoms with Gasteiger partial charge in [-0.25, -0.2) is 0 Å². The zero-order valence-electron chi connectivity index (χ0n) is 8.78. The van der Waals surface area contributed by atoms with Crippen LogP contribution in [0.1, 0.15) is 24.8 Å². The Bertz CT molecular complexity index is 478. The first-order valence-corrected chi connectivity index (χ1v) is 6.00. The summed E-state index contributed by atoms with van der Waals surface area (Å²) in [6.45, 7) is 0. The van der Waals surface area contributed by atoms with Crippen LogP contribution in [-0.2, 0) is 0 Å². The molecular weight excluding hydrogens is 264 g/mol. The Labute approximate surface area is 103 Å². The van der Waals surface area contributed by atoms with Crippen LogP contribution in [0.3, 0.4) is 0 Å². The maximum absolute atomic E-state index is 8.88. The van der Waals surface area contributed by atoms with Crippen molar-refractivity contribution in [3.05, 3.63) is 45.6 Å².